The number of rotatable bonds is 8. The normalized spacial score (nSPS) is 14.1. The standard InChI is InChI=1S/C22H28FN3O4S/c1-24(2)31(28,29)20-10-11-21-17(15-20)5-4-12-26(21)22(27)16-25(3)13-14-30-19-8-6-18(23)7-9-19/h6-11,15H,4-5,12-14,16H2,1-3H3. The maximum absolute atomic E-state index is 12.9. The molecule has 0 aliphatic carbocycles. The first-order chi connectivity index (χ1) is 14.7. The van der Waals surface area contributed by atoms with Gasteiger partial charge in [-0.1, -0.05) is 0 Å². The number of sulfonamides is 1. The zero-order valence-corrected chi connectivity index (χ0v) is 18.9. The summed E-state index contributed by atoms with van der Waals surface area (Å²) in [6, 6.07) is 10.8. The maximum Gasteiger partial charge on any atom is 0.242 e. The predicted molar refractivity (Wildman–Crippen MR) is 117 cm³/mol. The summed E-state index contributed by atoms with van der Waals surface area (Å²) in [5.41, 5.74) is 1.63. The lowest BCUT2D eigenvalue weighted by molar-refractivity contribution is -0.119. The van der Waals surface area contributed by atoms with Crippen LogP contribution in [0.4, 0.5) is 10.1 Å². The predicted octanol–water partition coefficient (Wildman–Crippen LogP) is 2.37. The second kappa shape index (κ2) is 9.76. The van der Waals surface area contributed by atoms with Gasteiger partial charge in [0.25, 0.3) is 0 Å². The first kappa shape index (κ1) is 23.2. The van der Waals surface area contributed by atoms with Crippen LogP contribution in [-0.4, -0.2) is 70.9 Å². The number of amides is 1. The topological polar surface area (TPSA) is 70.2 Å². The van der Waals surface area contributed by atoms with Gasteiger partial charge in [0.15, 0.2) is 0 Å². The van der Waals surface area contributed by atoms with Crippen molar-refractivity contribution in [3.63, 3.8) is 0 Å². The summed E-state index contributed by atoms with van der Waals surface area (Å²) in [7, 11) is 1.32. The third kappa shape index (κ3) is 5.61. The molecule has 0 spiro atoms. The van der Waals surface area contributed by atoms with Gasteiger partial charge < -0.3 is 9.64 Å². The Hall–Kier alpha value is -2.49. The average molecular weight is 450 g/mol. The van der Waals surface area contributed by atoms with E-state index >= 15 is 0 Å². The van der Waals surface area contributed by atoms with Crippen LogP contribution in [-0.2, 0) is 21.2 Å². The number of carbonyl (C=O) groups is 1. The summed E-state index contributed by atoms with van der Waals surface area (Å²) < 4.78 is 44.5. The molecule has 9 heteroatoms. The minimum absolute atomic E-state index is 0.0477. The number of hydrogen-bond donors (Lipinski definition) is 0. The fourth-order valence-corrected chi connectivity index (χ4v) is 4.40. The van der Waals surface area contributed by atoms with Gasteiger partial charge in [0.1, 0.15) is 18.2 Å². The van der Waals surface area contributed by atoms with Crippen molar-refractivity contribution in [3.8, 4) is 5.75 Å². The molecular weight excluding hydrogens is 421 g/mol. The van der Waals surface area contributed by atoms with Crippen molar-refractivity contribution in [2.45, 2.75) is 17.7 Å². The summed E-state index contributed by atoms with van der Waals surface area (Å²) in [6.07, 6.45) is 1.51. The lowest BCUT2D eigenvalue weighted by Gasteiger charge is -2.31. The van der Waals surface area contributed by atoms with Crippen molar-refractivity contribution < 1.29 is 22.3 Å². The molecule has 2 aromatic rings. The molecule has 0 saturated heterocycles. The lowest BCUT2D eigenvalue weighted by Crippen LogP contribution is -2.42. The van der Waals surface area contributed by atoms with Gasteiger partial charge in [0.2, 0.25) is 15.9 Å². The van der Waals surface area contributed by atoms with Crippen LogP contribution in [0.15, 0.2) is 47.4 Å². The number of benzene rings is 2. The van der Waals surface area contributed by atoms with E-state index < -0.39 is 10.0 Å². The molecule has 168 valence electrons. The highest BCUT2D eigenvalue weighted by molar-refractivity contribution is 7.89. The molecule has 0 radical (unpaired) electrons. The smallest absolute Gasteiger partial charge is 0.242 e. The SMILES string of the molecule is CN(CCOc1ccc(F)cc1)CC(=O)N1CCCc2cc(S(=O)(=O)N(C)C)ccc21. The highest BCUT2D eigenvalue weighted by Crippen LogP contribution is 2.30. The minimum Gasteiger partial charge on any atom is -0.492 e. The fourth-order valence-electron chi connectivity index (χ4n) is 3.45. The second-order valence-electron chi connectivity index (χ2n) is 7.77. The van der Waals surface area contributed by atoms with Gasteiger partial charge in [-0.3, -0.25) is 9.69 Å². The van der Waals surface area contributed by atoms with Gasteiger partial charge in [0, 0.05) is 32.9 Å². The Morgan fingerprint density at radius 1 is 1.13 bits per heavy atom. The minimum atomic E-state index is -3.52. The number of fused-ring (bicyclic) bond motifs is 1. The van der Waals surface area contributed by atoms with Crippen LogP contribution >= 0.6 is 0 Å². The van der Waals surface area contributed by atoms with Crippen molar-refractivity contribution >= 4 is 21.6 Å². The Morgan fingerprint density at radius 3 is 2.52 bits per heavy atom. The van der Waals surface area contributed by atoms with Crippen LogP contribution in [0.2, 0.25) is 0 Å². The van der Waals surface area contributed by atoms with Gasteiger partial charge in [-0.2, -0.15) is 0 Å². The summed E-state index contributed by atoms with van der Waals surface area (Å²) in [5.74, 6) is 0.214. The van der Waals surface area contributed by atoms with Crippen molar-refractivity contribution in [1.82, 2.24) is 9.21 Å². The third-order valence-corrected chi connectivity index (χ3v) is 7.02. The Morgan fingerprint density at radius 2 is 1.84 bits per heavy atom. The number of halogens is 1. The molecule has 3 rings (SSSR count). The molecule has 0 N–H and O–H groups in total. The highest BCUT2D eigenvalue weighted by atomic mass is 32.2. The van der Waals surface area contributed by atoms with Gasteiger partial charge in [-0.15, -0.1) is 0 Å². The number of ether oxygens (including phenoxy) is 1. The maximum atomic E-state index is 12.9. The van der Waals surface area contributed by atoms with Gasteiger partial charge in [0.05, 0.1) is 11.4 Å². The second-order valence-corrected chi connectivity index (χ2v) is 9.92. The van der Waals surface area contributed by atoms with Gasteiger partial charge in [-0.05, 0) is 67.9 Å². The van der Waals surface area contributed by atoms with E-state index in [2.05, 4.69) is 0 Å². The van der Waals surface area contributed by atoms with Crippen LogP contribution in [0.1, 0.15) is 12.0 Å². The van der Waals surface area contributed by atoms with Crippen LogP contribution in [0.3, 0.4) is 0 Å². The molecule has 0 atom stereocenters. The van der Waals surface area contributed by atoms with E-state index in [1.165, 1.54) is 30.5 Å². The number of likely N-dealkylation sites (N-methyl/N-ethyl adjacent to an activating group) is 1. The summed E-state index contributed by atoms with van der Waals surface area (Å²) >= 11 is 0. The summed E-state index contributed by atoms with van der Waals surface area (Å²) in [5, 5.41) is 0. The molecule has 0 aromatic heterocycles. The van der Waals surface area contributed by atoms with Crippen LogP contribution < -0.4 is 9.64 Å². The van der Waals surface area contributed by atoms with Crippen molar-refractivity contribution in [2.75, 3.05) is 52.3 Å². The van der Waals surface area contributed by atoms with Crippen molar-refractivity contribution in [2.24, 2.45) is 0 Å². The highest BCUT2D eigenvalue weighted by Gasteiger charge is 2.26. The molecule has 0 fully saturated rings. The Balaban J connectivity index is 1.60. The average Bonchev–Trinajstić information content (AvgIpc) is 2.74. The monoisotopic (exact) mass is 449 g/mol. The van der Waals surface area contributed by atoms with E-state index in [0.717, 1.165) is 24.1 Å². The van der Waals surface area contributed by atoms with E-state index in [-0.39, 0.29) is 23.2 Å². The zero-order valence-electron chi connectivity index (χ0n) is 18.0. The molecule has 0 unspecified atom stereocenters. The summed E-state index contributed by atoms with van der Waals surface area (Å²) in [4.78, 5) is 16.7. The zero-order chi connectivity index (χ0) is 22.6. The van der Waals surface area contributed by atoms with Crippen molar-refractivity contribution in [3.05, 3.63) is 53.8 Å². The number of hydrogen-bond acceptors (Lipinski definition) is 5. The van der Waals surface area contributed by atoms with E-state index in [4.69, 9.17) is 4.74 Å². The number of aryl methyl sites for hydroxylation is 1. The molecule has 1 amide bonds. The molecule has 1 heterocycles. The van der Waals surface area contributed by atoms with Crippen molar-refractivity contribution in [1.29, 1.82) is 0 Å². The quantitative estimate of drug-likeness (QED) is 0.619. The molecule has 0 saturated carbocycles. The Labute approximate surface area is 183 Å². The third-order valence-electron chi connectivity index (χ3n) is 5.21. The van der Waals surface area contributed by atoms with Crippen LogP contribution in [0.5, 0.6) is 5.75 Å². The Bertz CT molecular complexity index is 1030. The number of nitrogens with zero attached hydrogens (tertiary/aromatic N) is 3. The molecule has 7 nitrogen and oxygen atoms in total. The molecule has 2 aromatic carbocycles. The summed E-state index contributed by atoms with van der Waals surface area (Å²) in [6.45, 7) is 1.72. The van der Waals surface area contributed by atoms with E-state index in [1.807, 2.05) is 11.9 Å². The first-order valence-corrected chi connectivity index (χ1v) is 11.6. The molecular formula is C22H28FN3O4S. The number of anilines is 1. The fraction of sp³-hybridized carbons (Fsp3) is 0.409. The van der Waals surface area contributed by atoms with E-state index in [1.54, 1.807) is 35.2 Å². The largest absolute Gasteiger partial charge is 0.492 e. The molecule has 0 bridgehead atoms. The molecule has 1 aliphatic heterocycles. The van der Waals surface area contributed by atoms with E-state index in [9.17, 15) is 17.6 Å². The lowest BCUT2D eigenvalue weighted by atomic mass is 10.0. The molecule has 31 heavy (non-hydrogen) atoms. The van der Waals surface area contributed by atoms with E-state index in [0.29, 0.717) is 25.4 Å². The van der Waals surface area contributed by atoms with Gasteiger partial charge >= 0.3 is 0 Å². The van der Waals surface area contributed by atoms with Crippen LogP contribution in [0.25, 0.3) is 0 Å². The number of carbonyl (C=O) groups excluding carboxylic acids is 1. The Kier molecular flexibility index (Phi) is 7.30. The first-order valence-electron chi connectivity index (χ1n) is 10.1. The van der Waals surface area contributed by atoms with Crippen LogP contribution in [0, 0.1) is 5.82 Å². The van der Waals surface area contributed by atoms with Gasteiger partial charge in [-0.25, -0.2) is 17.1 Å². The molecule has 1 aliphatic rings.